The van der Waals surface area contributed by atoms with E-state index in [1.807, 2.05) is 30.3 Å². The number of nitro groups is 1. The van der Waals surface area contributed by atoms with Crippen molar-refractivity contribution in [2.75, 3.05) is 7.11 Å². The van der Waals surface area contributed by atoms with Crippen molar-refractivity contribution >= 4 is 17.6 Å². The number of carboxylic acid groups (broad SMARTS) is 1. The molecule has 152 valence electrons. The van der Waals surface area contributed by atoms with Crippen LogP contribution < -0.4 is 9.47 Å². The number of carbonyl (C=O) groups excluding carboxylic acids is 1. The number of nitro benzene ring substituents is 1. The highest BCUT2D eigenvalue weighted by molar-refractivity contribution is 5.87. The van der Waals surface area contributed by atoms with Gasteiger partial charge in [-0.25, -0.2) is 4.79 Å². The monoisotopic (exact) mass is 400 g/mol. The van der Waals surface area contributed by atoms with Crippen LogP contribution in [0.2, 0.25) is 0 Å². The Morgan fingerprint density at radius 1 is 1.28 bits per heavy atom. The zero-order valence-corrected chi connectivity index (χ0v) is 15.7. The van der Waals surface area contributed by atoms with Gasteiger partial charge in [-0.3, -0.25) is 14.9 Å². The van der Waals surface area contributed by atoms with Crippen molar-refractivity contribution in [3.63, 3.8) is 0 Å². The lowest BCUT2D eigenvalue weighted by molar-refractivity contribution is -0.385. The maximum absolute atomic E-state index is 12.1. The number of carbonyl (C=O) groups is 2. The number of likely N-dealkylation sites (tertiary alicyclic amines) is 1. The average molecular weight is 400 g/mol. The maximum atomic E-state index is 12.1. The molecule has 0 aromatic heterocycles. The second-order valence-electron chi connectivity index (χ2n) is 6.58. The van der Waals surface area contributed by atoms with Crippen LogP contribution in [0, 0.1) is 10.1 Å². The summed E-state index contributed by atoms with van der Waals surface area (Å²) >= 11 is 0. The largest absolute Gasteiger partial charge is 0.493 e. The van der Waals surface area contributed by atoms with Crippen molar-refractivity contribution < 1.29 is 29.1 Å². The summed E-state index contributed by atoms with van der Waals surface area (Å²) in [5.41, 5.74) is 0.798. The van der Waals surface area contributed by atoms with E-state index < -0.39 is 16.9 Å². The maximum Gasteiger partial charge on any atom is 0.326 e. The van der Waals surface area contributed by atoms with Gasteiger partial charge in [0.1, 0.15) is 12.6 Å². The van der Waals surface area contributed by atoms with Gasteiger partial charge in [-0.15, -0.1) is 0 Å². The molecule has 0 bridgehead atoms. The lowest BCUT2D eigenvalue weighted by Crippen LogP contribution is -2.38. The molecular weight excluding hydrogens is 380 g/mol. The predicted octanol–water partition coefficient (Wildman–Crippen LogP) is 2.76. The Morgan fingerprint density at radius 2 is 2.00 bits per heavy atom. The Kier molecular flexibility index (Phi) is 5.96. The smallest absolute Gasteiger partial charge is 0.326 e. The number of methoxy groups -OCH3 is 1. The summed E-state index contributed by atoms with van der Waals surface area (Å²) in [7, 11) is 1.40. The van der Waals surface area contributed by atoms with Crippen molar-refractivity contribution in [2.45, 2.75) is 32.0 Å². The van der Waals surface area contributed by atoms with Gasteiger partial charge in [-0.2, -0.15) is 0 Å². The van der Waals surface area contributed by atoms with Crippen molar-refractivity contribution in [1.82, 2.24) is 4.90 Å². The fourth-order valence-electron chi connectivity index (χ4n) is 3.27. The summed E-state index contributed by atoms with van der Waals surface area (Å²) in [6.07, 6.45) is 0.275. The van der Waals surface area contributed by atoms with Gasteiger partial charge in [0, 0.05) is 6.42 Å². The molecule has 3 rings (SSSR count). The summed E-state index contributed by atoms with van der Waals surface area (Å²) in [6, 6.07) is 11.0. The van der Waals surface area contributed by atoms with Crippen molar-refractivity contribution in [3.05, 3.63) is 63.7 Å². The molecule has 2 aromatic carbocycles. The molecule has 1 saturated heterocycles. The molecular formula is C20H20N2O7. The van der Waals surface area contributed by atoms with Crippen LogP contribution in [0.1, 0.15) is 24.0 Å². The van der Waals surface area contributed by atoms with Crippen LogP contribution in [0.3, 0.4) is 0 Å². The molecule has 9 nitrogen and oxygen atoms in total. The second kappa shape index (κ2) is 8.59. The third kappa shape index (κ3) is 4.45. The number of ether oxygens (including phenoxy) is 2. The molecule has 1 heterocycles. The fraction of sp³-hybridized carbons (Fsp3) is 0.300. The SMILES string of the molecule is COc1cc(CN2C(=O)CCC2C(=O)O)c([N+](=O)[O-])cc1OCc1ccccc1. The summed E-state index contributed by atoms with van der Waals surface area (Å²) in [4.78, 5) is 35.7. The van der Waals surface area contributed by atoms with E-state index in [-0.39, 0.29) is 54.7 Å². The molecule has 1 unspecified atom stereocenters. The van der Waals surface area contributed by atoms with Gasteiger partial charge >= 0.3 is 5.97 Å². The molecule has 0 spiro atoms. The highest BCUT2D eigenvalue weighted by Gasteiger charge is 2.37. The molecule has 1 N–H and O–H groups in total. The van der Waals surface area contributed by atoms with Crippen LogP contribution in [-0.2, 0) is 22.7 Å². The third-order valence-electron chi connectivity index (χ3n) is 4.75. The highest BCUT2D eigenvalue weighted by atomic mass is 16.6. The van der Waals surface area contributed by atoms with Crippen LogP contribution >= 0.6 is 0 Å². The first-order valence-corrected chi connectivity index (χ1v) is 8.95. The first-order valence-electron chi connectivity index (χ1n) is 8.95. The number of hydrogen-bond acceptors (Lipinski definition) is 6. The predicted molar refractivity (Wildman–Crippen MR) is 102 cm³/mol. The van der Waals surface area contributed by atoms with Gasteiger partial charge in [0.25, 0.3) is 5.69 Å². The minimum atomic E-state index is -1.13. The molecule has 0 saturated carbocycles. The molecule has 1 amide bonds. The van der Waals surface area contributed by atoms with E-state index in [0.717, 1.165) is 10.5 Å². The van der Waals surface area contributed by atoms with Gasteiger partial charge in [0.05, 0.1) is 30.2 Å². The van der Waals surface area contributed by atoms with E-state index in [0.29, 0.717) is 0 Å². The van der Waals surface area contributed by atoms with Gasteiger partial charge in [-0.05, 0) is 18.1 Å². The molecule has 1 atom stereocenters. The molecule has 0 radical (unpaired) electrons. The van der Waals surface area contributed by atoms with Crippen molar-refractivity contribution in [2.24, 2.45) is 0 Å². The molecule has 0 aliphatic carbocycles. The van der Waals surface area contributed by atoms with E-state index in [9.17, 15) is 24.8 Å². The van der Waals surface area contributed by atoms with Crippen molar-refractivity contribution in [3.8, 4) is 11.5 Å². The zero-order valence-electron chi connectivity index (χ0n) is 15.7. The highest BCUT2D eigenvalue weighted by Crippen LogP contribution is 2.37. The quantitative estimate of drug-likeness (QED) is 0.534. The molecule has 9 heteroatoms. The number of benzene rings is 2. The number of amides is 1. The summed E-state index contributed by atoms with van der Waals surface area (Å²) in [5.74, 6) is -1.03. The Morgan fingerprint density at radius 3 is 2.62 bits per heavy atom. The van der Waals surface area contributed by atoms with E-state index in [4.69, 9.17) is 9.47 Å². The van der Waals surface area contributed by atoms with Gasteiger partial charge in [0.2, 0.25) is 5.91 Å². The number of hydrogen-bond donors (Lipinski definition) is 1. The van der Waals surface area contributed by atoms with Crippen LogP contribution in [0.25, 0.3) is 0 Å². The Labute approximate surface area is 166 Å². The van der Waals surface area contributed by atoms with E-state index >= 15 is 0 Å². The average Bonchev–Trinajstić information content (AvgIpc) is 3.07. The lowest BCUT2D eigenvalue weighted by Gasteiger charge is -2.22. The Hall–Kier alpha value is -3.62. The molecule has 1 aliphatic heterocycles. The fourth-order valence-corrected chi connectivity index (χ4v) is 3.27. The van der Waals surface area contributed by atoms with Crippen molar-refractivity contribution in [1.29, 1.82) is 0 Å². The molecule has 29 heavy (non-hydrogen) atoms. The molecule has 1 aliphatic rings. The first kappa shape index (κ1) is 20.1. The van der Waals surface area contributed by atoms with Crippen LogP contribution in [0.15, 0.2) is 42.5 Å². The Bertz CT molecular complexity index is 930. The lowest BCUT2D eigenvalue weighted by atomic mass is 10.1. The number of rotatable bonds is 8. The summed E-state index contributed by atoms with van der Waals surface area (Å²) in [6.45, 7) is 0.000832. The third-order valence-corrected chi connectivity index (χ3v) is 4.75. The minimum Gasteiger partial charge on any atom is -0.493 e. The van der Waals surface area contributed by atoms with Crippen LogP contribution in [0.4, 0.5) is 5.69 Å². The second-order valence-corrected chi connectivity index (χ2v) is 6.58. The van der Waals surface area contributed by atoms with Crippen LogP contribution in [-0.4, -0.2) is 40.0 Å². The normalized spacial score (nSPS) is 16.0. The number of carboxylic acids is 1. The topological polar surface area (TPSA) is 119 Å². The minimum absolute atomic E-state index is 0.0974. The number of aliphatic carboxylic acids is 1. The number of nitrogens with zero attached hydrogens (tertiary/aromatic N) is 2. The first-order chi connectivity index (χ1) is 13.9. The van der Waals surface area contributed by atoms with Gasteiger partial charge < -0.3 is 19.5 Å². The van der Waals surface area contributed by atoms with E-state index in [1.165, 1.54) is 19.2 Å². The van der Waals surface area contributed by atoms with E-state index in [2.05, 4.69) is 0 Å². The summed E-state index contributed by atoms with van der Waals surface area (Å²) < 4.78 is 11.0. The Balaban J connectivity index is 1.90. The summed E-state index contributed by atoms with van der Waals surface area (Å²) in [5, 5.41) is 20.9. The zero-order chi connectivity index (χ0) is 21.0. The molecule has 1 fully saturated rings. The van der Waals surface area contributed by atoms with Gasteiger partial charge in [-0.1, -0.05) is 30.3 Å². The standard InChI is InChI=1S/C20H20N2O7/c1-28-17-9-14(11-21-15(20(24)25)7-8-19(21)23)16(22(26)27)10-18(17)29-12-13-5-3-2-4-6-13/h2-6,9-10,15H,7-8,11-12H2,1H3,(H,24,25). The van der Waals surface area contributed by atoms with Gasteiger partial charge in [0.15, 0.2) is 11.5 Å². The van der Waals surface area contributed by atoms with E-state index in [1.54, 1.807) is 0 Å². The van der Waals surface area contributed by atoms with Crippen LogP contribution in [0.5, 0.6) is 11.5 Å². The molecule has 2 aromatic rings.